The highest BCUT2D eigenvalue weighted by Gasteiger charge is 2.17. The number of methoxy groups -OCH3 is 2. The minimum Gasteiger partial charge on any atom is -0.385 e. The monoisotopic (exact) mass is 282 g/mol. The number of nitrogens with zero attached hydrogens (tertiary/aromatic N) is 3. The van der Waals surface area contributed by atoms with Crippen molar-refractivity contribution in [2.45, 2.75) is 6.42 Å². The predicted octanol–water partition coefficient (Wildman–Crippen LogP) is 0.643. The average Bonchev–Trinajstić information content (AvgIpc) is 2.50. The largest absolute Gasteiger partial charge is 0.385 e. The van der Waals surface area contributed by atoms with E-state index in [9.17, 15) is 4.79 Å². The average molecular weight is 282 g/mol. The van der Waals surface area contributed by atoms with Gasteiger partial charge in [0.25, 0.3) is 5.91 Å². The van der Waals surface area contributed by atoms with E-state index in [2.05, 4.69) is 15.3 Å². The van der Waals surface area contributed by atoms with Gasteiger partial charge in [0.15, 0.2) is 0 Å². The summed E-state index contributed by atoms with van der Waals surface area (Å²) < 4.78 is 10.0. The highest BCUT2D eigenvalue weighted by Crippen LogP contribution is 2.06. The number of anilines is 1. The van der Waals surface area contributed by atoms with Crippen LogP contribution in [0, 0.1) is 0 Å². The number of carbonyl (C=O) groups excluding carboxylic acids is 1. The second-order valence-corrected chi connectivity index (χ2v) is 4.17. The van der Waals surface area contributed by atoms with Crippen LogP contribution in [0.1, 0.15) is 16.9 Å². The second-order valence-electron chi connectivity index (χ2n) is 4.17. The molecule has 1 aromatic rings. The Labute approximate surface area is 119 Å². The Hall–Kier alpha value is -1.73. The van der Waals surface area contributed by atoms with Crippen LogP contribution in [-0.2, 0) is 9.47 Å². The molecule has 0 spiro atoms. The fourth-order valence-electron chi connectivity index (χ4n) is 1.67. The van der Waals surface area contributed by atoms with E-state index in [0.29, 0.717) is 37.8 Å². The Balaban J connectivity index is 2.73. The number of nitrogens with one attached hydrogen (secondary N) is 1. The Morgan fingerprint density at radius 1 is 1.25 bits per heavy atom. The summed E-state index contributed by atoms with van der Waals surface area (Å²) in [6, 6.07) is 0. The molecule has 0 aromatic carbocycles. The van der Waals surface area contributed by atoms with E-state index in [1.165, 1.54) is 6.20 Å². The van der Waals surface area contributed by atoms with Crippen LogP contribution in [-0.4, -0.2) is 68.3 Å². The van der Waals surface area contributed by atoms with E-state index in [4.69, 9.17) is 9.47 Å². The zero-order valence-electron chi connectivity index (χ0n) is 12.3. The lowest BCUT2D eigenvalue weighted by Crippen LogP contribution is -2.35. The van der Waals surface area contributed by atoms with E-state index in [1.54, 1.807) is 32.4 Å². The van der Waals surface area contributed by atoms with Crippen LogP contribution in [0.2, 0.25) is 0 Å². The Morgan fingerprint density at radius 3 is 2.65 bits per heavy atom. The standard InChI is InChI=1S/C13H22N4O3/c1-14-12-10-15-9-11(16-12)13(18)17(6-8-20-3)5-4-7-19-2/h9-10H,4-8H2,1-3H3,(H,14,16). The van der Waals surface area contributed by atoms with Gasteiger partial charge in [0.2, 0.25) is 0 Å². The van der Waals surface area contributed by atoms with E-state index in [-0.39, 0.29) is 5.91 Å². The zero-order chi connectivity index (χ0) is 14.8. The van der Waals surface area contributed by atoms with Gasteiger partial charge < -0.3 is 19.7 Å². The smallest absolute Gasteiger partial charge is 0.274 e. The molecule has 1 amide bonds. The molecule has 0 saturated heterocycles. The van der Waals surface area contributed by atoms with E-state index < -0.39 is 0 Å². The van der Waals surface area contributed by atoms with Gasteiger partial charge in [-0.3, -0.25) is 9.78 Å². The van der Waals surface area contributed by atoms with Gasteiger partial charge in [-0.1, -0.05) is 0 Å². The lowest BCUT2D eigenvalue weighted by Gasteiger charge is -2.21. The number of ether oxygens (including phenoxy) is 2. The molecule has 0 aliphatic carbocycles. The lowest BCUT2D eigenvalue weighted by molar-refractivity contribution is 0.0668. The molecule has 0 unspecified atom stereocenters. The van der Waals surface area contributed by atoms with Crippen LogP contribution < -0.4 is 5.32 Å². The van der Waals surface area contributed by atoms with Crippen LogP contribution >= 0.6 is 0 Å². The summed E-state index contributed by atoms with van der Waals surface area (Å²) in [5.74, 6) is 0.419. The molecule has 0 aliphatic rings. The topological polar surface area (TPSA) is 76.6 Å². The van der Waals surface area contributed by atoms with Crippen molar-refractivity contribution < 1.29 is 14.3 Å². The number of hydrogen-bond donors (Lipinski definition) is 1. The third-order valence-corrected chi connectivity index (χ3v) is 2.74. The van der Waals surface area contributed by atoms with Crippen LogP contribution in [0.5, 0.6) is 0 Å². The molecule has 0 atom stereocenters. The van der Waals surface area contributed by atoms with E-state index >= 15 is 0 Å². The fourth-order valence-corrected chi connectivity index (χ4v) is 1.67. The molecule has 1 heterocycles. The number of amides is 1. The first kappa shape index (κ1) is 16.3. The maximum atomic E-state index is 12.4. The maximum absolute atomic E-state index is 12.4. The first-order valence-electron chi connectivity index (χ1n) is 6.49. The van der Waals surface area contributed by atoms with Crippen LogP contribution in [0.15, 0.2) is 12.4 Å². The number of hydrogen-bond acceptors (Lipinski definition) is 6. The van der Waals surface area contributed by atoms with Gasteiger partial charge in [-0.05, 0) is 6.42 Å². The summed E-state index contributed by atoms with van der Waals surface area (Å²) in [6.45, 7) is 2.21. The molecule has 0 fully saturated rings. The first-order valence-corrected chi connectivity index (χ1v) is 6.49. The number of carbonyl (C=O) groups is 1. The molecule has 112 valence electrons. The molecule has 7 heteroatoms. The van der Waals surface area contributed by atoms with Crippen LogP contribution in [0.3, 0.4) is 0 Å². The summed E-state index contributed by atoms with van der Waals surface area (Å²) in [7, 11) is 4.99. The molecule has 0 saturated carbocycles. The van der Waals surface area contributed by atoms with Gasteiger partial charge in [0, 0.05) is 41.0 Å². The maximum Gasteiger partial charge on any atom is 0.274 e. The highest BCUT2D eigenvalue weighted by atomic mass is 16.5. The molecule has 0 radical (unpaired) electrons. The predicted molar refractivity (Wildman–Crippen MR) is 75.9 cm³/mol. The zero-order valence-corrected chi connectivity index (χ0v) is 12.3. The molecule has 20 heavy (non-hydrogen) atoms. The Bertz CT molecular complexity index is 414. The second kappa shape index (κ2) is 9.22. The number of rotatable bonds is 9. The van der Waals surface area contributed by atoms with Crippen molar-refractivity contribution in [2.24, 2.45) is 0 Å². The van der Waals surface area contributed by atoms with Gasteiger partial charge in [0.05, 0.1) is 19.0 Å². The Kier molecular flexibility index (Phi) is 7.52. The van der Waals surface area contributed by atoms with Gasteiger partial charge >= 0.3 is 0 Å². The Morgan fingerprint density at radius 2 is 2.00 bits per heavy atom. The molecule has 7 nitrogen and oxygen atoms in total. The van der Waals surface area contributed by atoms with Crippen molar-refractivity contribution in [3.63, 3.8) is 0 Å². The van der Waals surface area contributed by atoms with E-state index in [1.807, 2.05) is 0 Å². The van der Waals surface area contributed by atoms with Crippen molar-refractivity contribution >= 4 is 11.7 Å². The summed E-state index contributed by atoms with van der Waals surface area (Å²) in [5, 5.41) is 2.87. The van der Waals surface area contributed by atoms with Gasteiger partial charge in [-0.15, -0.1) is 0 Å². The minimum atomic E-state index is -0.150. The summed E-state index contributed by atoms with van der Waals surface area (Å²) in [6.07, 6.45) is 3.81. The van der Waals surface area contributed by atoms with Crippen LogP contribution in [0.4, 0.5) is 5.82 Å². The molecule has 1 aromatic heterocycles. The molecular formula is C13H22N4O3. The first-order chi connectivity index (χ1) is 9.72. The minimum absolute atomic E-state index is 0.150. The van der Waals surface area contributed by atoms with Crippen molar-refractivity contribution in [3.8, 4) is 0 Å². The van der Waals surface area contributed by atoms with Gasteiger partial charge in [-0.2, -0.15) is 0 Å². The SMILES string of the molecule is CNc1cncc(C(=O)N(CCCOC)CCOC)n1. The lowest BCUT2D eigenvalue weighted by atomic mass is 10.3. The van der Waals surface area contributed by atoms with Crippen molar-refractivity contribution in [3.05, 3.63) is 18.1 Å². The quantitative estimate of drug-likeness (QED) is 0.670. The van der Waals surface area contributed by atoms with Crippen molar-refractivity contribution in [2.75, 3.05) is 52.9 Å². The summed E-state index contributed by atoms with van der Waals surface area (Å²) in [5.41, 5.74) is 0.324. The molecule has 0 aliphatic heterocycles. The summed E-state index contributed by atoms with van der Waals surface area (Å²) in [4.78, 5) is 22.3. The van der Waals surface area contributed by atoms with Gasteiger partial charge in [-0.25, -0.2) is 4.98 Å². The third-order valence-electron chi connectivity index (χ3n) is 2.74. The summed E-state index contributed by atoms with van der Waals surface area (Å²) >= 11 is 0. The van der Waals surface area contributed by atoms with E-state index in [0.717, 1.165) is 6.42 Å². The van der Waals surface area contributed by atoms with Crippen LogP contribution in [0.25, 0.3) is 0 Å². The molecular weight excluding hydrogens is 260 g/mol. The normalized spacial score (nSPS) is 10.3. The number of aromatic nitrogens is 2. The molecule has 0 bridgehead atoms. The van der Waals surface area contributed by atoms with Gasteiger partial charge in [0.1, 0.15) is 11.5 Å². The highest BCUT2D eigenvalue weighted by molar-refractivity contribution is 5.92. The van der Waals surface area contributed by atoms with Crippen molar-refractivity contribution in [1.82, 2.24) is 14.9 Å². The molecule has 1 N–H and O–H groups in total. The fraction of sp³-hybridized carbons (Fsp3) is 0.615. The molecule has 1 rings (SSSR count). The third kappa shape index (κ3) is 5.10. The van der Waals surface area contributed by atoms with Crippen molar-refractivity contribution in [1.29, 1.82) is 0 Å².